The second-order valence-electron chi connectivity index (χ2n) is 6.14. The summed E-state index contributed by atoms with van der Waals surface area (Å²) in [7, 11) is -1.60. The van der Waals surface area contributed by atoms with Crippen molar-refractivity contribution in [2.45, 2.75) is 25.5 Å². The molecule has 1 N–H and O–H groups in total. The molecule has 1 atom stereocenters. The van der Waals surface area contributed by atoms with Crippen LogP contribution in [-0.4, -0.2) is 51.3 Å². The summed E-state index contributed by atoms with van der Waals surface area (Å²) in [6.07, 6.45) is -0.943. The normalized spacial score (nSPS) is 17.8. The Morgan fingerprint density at radius 2 is 2.09 bits per heavy atom. The second-order valence-corrected chi connectivity index (χ2v) is 7.61. The van der Waals surface area contributed by atoms with Crippen LogP contribution in [0.5, 0.6) is 5.75 Å². The van der Waals surface area contributed by atoms with Gasteiger partial charge in [-0.1, -0.05) is 19.9 Å². The van der Waals surface area contributed by atoms with E-state index in [1.54, 1.807) is 12.1 Å². The molecule has 0 radical (unpaired) electrons. The number of hydrogen-bond donors (Lipinski definition) is 1. The quantitative estimate of drug-likeness (QED) is 0.460. The van der Waals surface area contributed by atoms with Crippen LogP contribution in [0, 0.1) is 0 Å². The highest BCUT2D eigenvalue weighted by Crippen LogP contribution is 2.40. The SMILES string of the molecule is COCCOC(c1ccc2c(c1)C(C)(C)CO2)N(C)S(=O)(=O)O. The Labute approximate surface area is 137 Å². The Balaban J connectivity index is 2.36. The number of fused-ring (bicyclic) bond motifs is 1. The van der Waals surface area contributed by atoms with Gasteiger partial charge in [-0.25, -0.2) is 0 Å². The smallest absolute Gasteiger partial charge is 0.338 e. The molecule has 23 heavy (non-hydrogen) atoms. The van der Waals surface area contributed by atoms with Crippen LogP contribution in [0.1, 0.15) is 31.2 Å². The first-order valence-corrected chi connectivity index (χ1v) is 8.65. The van der Waals surface area contributed by atoms with Crippen molar-refractivity contribution in [3.05, 3.63) is 29.3 Å². The minimum absolute atomic E-state index is 0.168. The van der Waals surface area contributed by atoms with Crippen LogP contribution in [0.4, 0.5) is 0 Å². The second kappa shape index (κ2) is 6.74. The summed E-state index contributed by atoms with van der Waals surface area (Å²) in [5.41, 5.74) is 1.44. The molecule has 0 amide bonds. The molecule has 0 saturated heterocycles. The molecule has 0 aromatic heterocycles. The van der Waals surface area contributed by atoms with Crippen molar-refractivity contribution in [1.29, 1.82) is 0 Å². The standard InChI is InChI=1S/C15H23NO6S/c1-15(2)10-22-13-6-5-11(9-12(13)15)14(21-8-7-20-4)16(3)23(17,18)19/h5-6,9,14H,7-8,10H2,1-4H3,(H,17,18,19). The van der Waals surface area contributed by atoms with E-state index in [1.165, 1.54) is 14.2 Å². The first-order valence-electron chi connectivity index (χ1n) is 7.25. The molecule has 130 valence electrons. The predicted octanol–water partition coefficient (Wildman–Crippen LogP) is 1.75. The van der Waals surface area contributed by atoms with Gasteiger partial charge in [0.1, 0.15) is 5.75 Å². The zero-order chi connectivity index (χ0) is 17.3. The molecule has 0 aliphatic carbocycles. The Morgan fingerprint density at radius 1 is 1.39 bits per heavy atom. The van der Waals surface area contributed by atoms with Crippen molar-refractivity contribution in [2.24, 2.45) is 0 Å². The first kappa shape index (κ1) is 18.2. The lowest BCUT2D eigenvalue weighted by atomic mass is 9.86. The maximum absolute atomic E-state index is 11.5. The van der Waals surface area contributed by atoms with Crippen LogP contribution >= 0.6 is 0 Å². The third-order valence-corrected chi connectivity index (χ3v) is 4.78. The molecule has 1 unspecified atom stereocenters. The molecule has 1 aliphatic heterocycles. The van der Waals surface area contributed by atoms with Crippen molar-refractivity contribution in [1.82, 2.24) is 4.31 Å². The highest BCUT2D eigenvalue weighted by molar-refractivity contribution is 7.83. The highest BCUT2D eigenvalue weighted by atomic mass is 32.2. The molecule has 1 heterocycles. The number of rotatable bonds is 7. The fourth-order valence-corrected chi connectivity index (χ4v) is 2.89. The molecule has 7 nitrogen and oxygen atoms in total. The van der Waals surface area contributed by atoms with Crippen molar-refractivity contribution >= 4 is 10.3 Å². The van der Waals surface area contributed by atoms with Crippen LogP contribution in [0.15, 0.2) is 18.2 Å². The van der Waals surface area contributed by atoms with E-state index in [1.807, 2.05) is 6.07 Å². The molecule has 0 bridgehead atoms. The largest absolute Gasteiger partial charge is 0.492 e. The van der Waals surface area contributed by atoms with Gasteiger partial charge in [-0.3, -0.25) is 4.55 Å². The Bertz CT molecular complexity index is 658. The number of ether oxygens (including phenoxy) is 3. The van der Waals surface area contributed by atoms with Gasteiger partial charge >= 0.3 is 10.3 Å². The monoisotopic (exact) mass is 345 g/mol. The van der Waals surface area contributed by atoms with Crippen LogP contribution < -0.4 is 4.74 Å². The van der Waals surface area contributed by atoms with E-state index in [0.29, 0.717) is 18.8 Å². The molecule has 1 aliphatic rings. The van der Waals surface area contributed by atoms with E-state index in [2.05, 4.69) is 13.8 Å². The van der Waals surface area contributed by atoms with E-state index < -0.39 is 16.5 Å². The molecule has 1 aromatic rings. The van der Waals surface area contributed by atoms with E-state index in [9.17, 15) is 13.0 Å². The van der Waals surface area contributed by atoms with E-state index in [4.69, 9.17) is 14.2 Å². The average molecular weight is 345 g/mol. The number of hydrogen-bond acceptors (Lipinski definition) is 5. The topological polar surface area (TPSA) is 85.3 Å². The highest BCUT2D eigenvalue weighted by Gasteiger charge is 2.34. The summed E-state index contributed by atoms with van der Waals surface area (Å²) in [5, 5.41) is 0. The van der Waals surface area contributed by atoms with Crippen molar-refractivity contribution in [2.75, 3.05) is 34.0 Å². The maximum Gasteiger partial charge on any atom is 0.338 e. The molecule has 1 aromatic carbocycles. The van der Waals surface area contributed by atoms with Gasteiger partial charge in [-0.15, -0.1) is 0 Å². The van der Waals surface area contributed by atoms with E-state index >= 15 is 0 Å². The van der Waals surface area contributed by atoms with Gasteiger partial charge in [-0.05, 0) is 17.7 Å². The molecule has 0 spiro atoms. The zero-order valence-electron chi connectivity index (χ0n) is 13.8. The molecule has 0 fully saturated rings. The lowest BCUT2D eigenvalue weighted by Crippen LogP contribution is -2.33. The Hall–Kier alpha value is -1.19. The zero-order valence-corrected chi connectivity index (χ0v) is 14.6. The van der Waals surface area contributed by atoms with Gasteiger partial charge in [0.15, 0.2) is 6.23 Å². The summed E-state index contributed by atoms with van der Waals surface area (Å²) < 4.78 is 49.3. The third kappa shape index (κ3) is 4.02. The Kier molecular flexibility index (Phi) is 5.32. The number of benzene rings is 1. The number of methoxy groups -OCH3 is 1. The summed E-state index contributed by atoms with van der Waals surface area (Å²) in [5.74, 6) is 0.781. The van der Waals surface area contributed by atoms with Gasteiger partial charge in [0.05, 0.1) is 19.8 Å². The summed E-state index contributed by atoms with van der Waals surface area (Å²) in [4.78, 5) is 0. The van der Waals surface area contributed by atoms with Crippen LogP contribution in [-0.2, 0) is 25.2 Å². The lowest BCUT2D eigenvalue weighted by Gasteiger charge is -2.26. The molecule has 8 heteroatoms. The van der Waals surface area contributed by atoms with Crippen molar-refractivity contribution < 1.29 is 27.2 Å². The van der Waals surface area contributed by atoms with Crippen molar-refractivity contribution in [3.63, 3.8) is 0 Å². The van der Waals surface area contributed by atoms with Gasteiger partial charge in [0.25, 0.3) is 0 Å². The van der Waals surface area contributed by atoms with Gasteiger partial charge < -0.3 is 14.2 Å². The van der Waals surface area contributed by atoms with Crippen LogP contribution in [0.2, 0.25) is 0 Å². The van der Waals surface area contributed by atoms with E-state index in [0.717, 1.165) is 15.6 Å². The number of nitrogens with zero attached hydrogens (tertiary/aromatic N) is 1. The van der Waals surface area contributed by atoms with Crippen LogP contribution in [0.3, 0.4) is 0 Å². The summed E-state index contributed by atoms with van der Waals surface area (Å²) in [6.45, 7) is 5.17. The average Bonchev–Trinajstić information content (AvgIpc) is 2.77. The van der Waals surface area contributed by atoms with Crippen LogP contribution in [0.25, 0.3) is 0 Å². The fraction of sp³-hybridized carbons (Fsp3) is 0.600. The predicted molar refractivity (Wildman–Crippen MR) is 84.8 cm³/mol. The molecular weight excluding hydrogens is 322 g/mol. The third-order valence-electron chi connectivity index (χ3n) is 3.86. The lowest BCUT2D eigenvalue weighted by molar-refractivity contribution is -0.0362. The minimum Gasteiger partial charge on any atom is -0.492 e. The molecular formula is C15H23NO6S. The van der Waals surface area contributed by atoms with E-state index in [-0.39, 0.29) is 12.0 Å². The van der Waals surface area contributed by atoms with Crippen molar-refractivity contribution in [3.8, 4) is 5.75 Å². The van der Waals surface area contributed by atoms with Gasteiger partial charge in [0.2, 0.25) is 0 Å². The molecule has 2 rings (SSSR count). The Morgan fingerprint density at radius 3 is 2.70 bits per heavy atom. The molecule has 0 saturated carbocycles. The summed E-state index contributed by atoms with van der Waals surface area (Å²) in [6, 6.07) is 5.39. The maximum atomic E-state index is 11.5. The first-order chi connectivity index (χ1) is 10.7. The fourth-order valence-electron chi connectivity index (χ4n) is 2.47. The van der Waals surface area contributed by atoms with Gasteiger partial charge in [-0.2, -0.15) is 12.7 Å². The summed E-state index contributed by atoms with van der Waals surface area (Å²) >= 11 is 0. The van der Waals surface area contributed by atoms with Gasteiger partial charge in [0, 0.05) is 25.1 Å². The minimum atomic E-state index is -4.39.